The van der Waals surface area contributed by atoms with Crippen molar-refractivity contribution < 1.29 is 22.4 Å². The van der Waals surface area contributed by atoms with Crippen LogP contribution in [0.4, 0.5) is 0 Å². The minimum Gasteiger partial charge on any atom is -0.497 e. The number of furan rings is 1. The molecular formula is C20H18ClNO5S. The smallest absolute Gasteiger partial charge is 0.251 e. The third-order valence-corrected chi connectivity index (χ3v) is 6.49. The fourth-order valence-corrected chi connectivity index (χ4v) is 4.39. The van der Waals surface area contributed by atoms with Crippen molar-refractivity contribution in [1.82, 2.24) is 5.32 Å². The second-order valence-electron chi connectivity index (χ2n) is 5.94. The van der Waals surface area contributed by atoms with Crippen molar-refractivity contribution in [3.63, 3.8) is 0 Å². The van der Waals surface area contributed by atoms with Crippen LogP contribution in [0.1, 0.15) is 21.4 Å². The largest absolute Gasteiger partial charge is 0.497 e. The molecule has 0 aliphatic carbocycles. The quantitative estimate of drug-likeness (QED) is 0.628. The molecule has 0 aliphatic heterocycles. The van der Waals surface area contributed by atoms with E-state index < -0.39 is 21.0 Å². The Balaban J connectivity index is 1.85. The minimum atomic E-state index is -3.82. The summed E-state index contributed by atoms with van der Waals surface area (Å²) in [5.41, 5.74) is 0.362. The number of rotatable bonds is 7. The van der Waals surface area contributed by atoms with Crippen LogP contribution >= 0.6 is 11.6 Å². The number of hydrogen-bond acceptors (Lipinski definition) is 5. The molecule has 8 heteroatoms. The summed E-state index contributed by atoms with van der Waals surface area (Å²) >= 11 is 5.86. The van der Waals surface area contributed by atoms with E-state index in [1.807, 2.05) is 0 Å². The second kappa shape index (κ2) is 8.50. The van der Waals surface area contributed by atoms with Crippen molar-refractivity contribution in [1.29, 1.82) is 0 Å². The number of amides is 1. The first-order valence-electron chi connectivity index (χ1n) is 8.37. The highest BCUT2D eigenvalue weighted by atomic mass is 35.5. The van der Waals surface area contributed by atoms with E-state index in [0.717, 1.165) is 0 Å². The number of carbonyl (C=O) groups excluding carboxylic acids is 1. The summed E-state index contributed by atoms with van der Waals surface area (Å²) in [7, 11) is -2.32. The summed E-state index contributed by atoms with van der Waals surface area (Å²) in [6.07, 6.45) is 1.39. The zero-order valence-corrected chi connectivity index (χ0v) is 16.5. The average molecular weight is 420 g/mol. The molecule has 1 atom stereocenters. The number of halogens is 1. The van der Waals surface area contributed by atoms with Gasteiger partial charge in [-0.3, -0.25) is 4.79 Å². The maximum absolute atomic E-state index is 13.1. The SMILES string of the molecule is COc1cccc(C(=O)NC[C@@H](c2ccco2)S(=O)(=O)c2ccc(Cl)cc2)c1. The molecule has 6 nitrogen and oxygen atoms in total. The monoisotopic (exact) mass is 419 g/mol. The van der Waals surface area contributed by atoms with E-state index in [4.69, 9.17) is 20.8 Å². The molecule has 0 saturated heterocycles. The Hall–Kier alpha value is -2.77. The summed E-state index contributed by atoms with van der Waals surface area (Å²) in [5.74, 6) is 0.353. The summed E-state index contributed by atoms with van der Waals surface area (Å²) in [4.78, 5) is 12.6. The van der Waals surface area contributed by atoms with Crippen molar-refractivity contribution >= 4 is 27.3 Å². The molecule has 1 aromatic heterocycles. The van der Waals surface area contributed by atoms with Crippen molar-refractivity contribution in [3.8, 4) is 5.75 Å². The third-order valence-electron chi connectivity index (χ3n) is 4.16. The molecule has 3 rings (SSSR count). The molecule has 0 unspecified atom stereocenters. The normalized spacial score (nSPS) is 12.4. The number of nitrogens with one attached hydrogen (secondary N) is 1. The molecule has 0 fully saturated rings. The van der Waals surface area contributed by atoms with Gasteiger partial charge in [0.05, 0.1) is 18.3 Å². The Labute approximate surface area is 168 Å². The molecule has 0 saturated carbocycles. The first-order valence-corrected chi connectivity index (χ1v) is 10.3. The Bertz CT molecular complexity index is 1050. The van der Waals surface area contributed by atoms with E-state index in [9.17, 15) is 13.2 Å². The standard InChI is InChI=1S/C20H18ClNO5S/c1-26-16-5-2-4-14(12-16)20(23)22-13-19(18-6-3-11-27-18)28(24,25)17-9-7-15(21)8-10-17/h2-12,19H,13H2,1H3,(H,22,23)/t19-/m0/s1. The van der Waals surface area contributed by atoms with Crippen LogP contribution in [0, 0.1) is 0 Å². The predicted molar refractivity (Wildman–Crippen MR) is 105 cm³/mol. The molecule has 0 aliphatic rings. The van der Waals surface area contributed by atoms with E-state index in [0.29, 0.717) is 16.3 Å². The van der Waals surface area contributed by atoms with Crippen LogP contribution in [-0.4, -0.2) is 28.0 Å². The Kier molecular flexibility index (Phi) is 6.06. The molecule has 1 N–H and O–H groups in total. The van der Waals surface area contributed by atoms with Gasteiger partial charge in [0.25, 0.3) is 5.91 Å². The van der Waals surface area contributed by atoms with Crippen LogP contribution in [-0.2, 0) is 9.84 Å². The average Bonchev–Trinajstić information content (AvgIpc) is 3.22. The fourth-order valence-electron chi connectivity index (χ4n) is 2.68. The van der Waals surface area contributed by atoms with Gasteiger partial charge in [-0.05, 0) is 54.6 Å². The van der Waals surface area contributed by atoms with Crippen LogP contribution in [0.15, 0.2) is 76.2 Å². The van der Waals surface area contributed by atoms with Gasteiger partial charge in [-0.15, -0.1) is 0 Å². The maximum Gasteiger partial charge on any atom is 0.251 e. The van der Waals surface area contributed by atoms with Gasteiger partial charge in [0.1, 0.15) is 16.8 Å². The number of hydrogen-bond donors (Lipinski definition) is 1. The zero-order valence-electron chi connectivity index (χ0n) is 15.0. The molecular weight excluding hydrogens is 402 g/mol. The summed E-state index contributed by atoms with van der Waals surface area (Å²) < 4.78 is 36.7. The molecule has 146 valence electrons. The van der Waals surface area contributed by atoms with Gasteiger partial charge in [-0.2, -0.15) is 0 Å². The van der Waals surface area contributed by atoms with Gasteiger partial charge in [-0.25, -0.2) is 8.42 Å². The highest BCUT2D eigenvalue weighted by Crippen LogP contribution is 2.29. The van der Waals surface area contributed by atoms with E-state index in [-0.39, 0.29) is 17.2 Å². The molecule has 2 aromatic carbocycles. The third kappa shape index (κ3) is 4.37. The van der Waals surface area contributed by atoms with Gasteiger partial charge < -0.3 is 14.5 Å². The van der Waals surface area contributed by atoms with Crippen molar-refractivity contribution in [2.24, 2.45) is 0 Å². The maximum atomic E-state index is 13.1. The number of methoxy groups -OCH3 is 1. The van der Waals surface area contributed by atoms with Crippen LogP contribution in [0.3, 0.4) is 0 Å². The molecule has 0 bridgehead atoms. The molecule has 0 radical (unpaired) electrons. The molecule has 3 aromatic rings. The molecule has 1 amide bonds. The van der Waals surface area contributed by atoms with Crippen molar-refractivity contribution in [2.45, 2.75) is 10.1 Å². The lowest BCUT2D eigenvalue weighted by Crippen LogP contribution is -2.31. The van der Waals surface area contributed by atoms with Gasteiger partial charge in [0.15, 0.2) is 9.84 Å². The highest BCUT2D eigenvalue weighted by molar-refractivity contribution is 7.91. The summed E-state index contributed by atoms with van der Waals surface area (Å²) in [6, 6.07) is 15.6. The number of benzene rings is 2. The lowest BCUT2D eigenvalue weighted by Gasteiger charge is -2.17. The summed E-state index contributed by atoms with van der Waals surface area (Å²) in [5, 5.41) is 2.01. The van der Waals surface area contributed by atoms with E-state index in [2.05, 4.69) is 5.32 Å². The van der Waals surface area contributed by atoms with Crippen LogP contribution in [0.2, 0.25) is 5.02 Å². The highest BCUT2D eigenvalue weighted by Gasteiger charge is 2.32. The second-order valence-corrected chi connectivity index (χ2v) is 8.51. The Morgan fingerprint density at radius 1 is 1.14 bits per heavy atom. The first kappa shape index (κ1) is 20.0. The number of carbonyl (C=O) groups is 1. The van der Waals surface area contributed by atoms with E-state index in [1.54, 1.807) is 36.4 Å². The lowest BCUT2D eigenvalue weighted by molar-refractivity contribution is 0.0953. The molecule has 1 heterocycles. The van der Waals surface area contributed by atoms with Gasteiger partial charge in [0.2, 0.25) is 0 Å². The van der Waals surface area contributed by atoms with Gasteiger partial charge >= 0.3 is 0 Å². The van der Waals surface area contributed by atoms with Crippen molar-refractivity contribution in [2.75, 3.05) is 13.7 Å². The Morgan fingerprint density at radius 3 is 2.54 bits per heavy atom. The zero-order chi connectivity index (χ0) is 20.1. The van der Waals surface area contributed by atoms with E-state index in [1.165, 1.54) is 37.6 Å². The minimum absolute atomic E-state index is 0.0916. The first-order chi connectivity index (χ1) is 13.4. The topological polar surface area (TPSA) is 85.6 Å². The summed E-state index contributed by atoms with van der Waals surface area (Å²) in [6.45, 7) is -0.158. The van der Waals surface area contributed by atoms with Crippen LogP contribution in [0.5, 0.6) is 5.75 Å². The fraction of sp³-hybridized carbons (Fsp3) is 0.150. The van der Waals surface area contributed by atoms with E-state index >= 15 is 0 Å². The van der Waals surface area contributed by atoms with Crippen molar-refractivity contribution in [3.05, 3.63) is 83.3 Å². The predicted octanol–water partition coefficient (Wildman–Crippen LogP) is 3.89. The number of ether oxygens (including phenoxy) is 1. The number of sulfone groups is 1. The molecule has 0 spiro atoms. The van der Waals surface area contributed by atoms with Gasteiger partial charge in [0, 0.05) is 17.1 Å². The van der Waals surface area contributed by atoms with Gasteiger partial charge in [-0.1, -0.05) is 17.7 Å². The lowest BCUT2D eigenvalue weighted by atomic mass is 10.2. The van der Waals surface area contributed by atoms with Crippen LogP contribution in [0.25, 0.3) is 0 Å². The Morgan fingerprint density at radius 2 is 1.89 bits per heavy atom. The molecule has 28 heavy (non-hydrogen) atoms. The van der Waals surface area contributed by atoms with Crippen LogP contribution < -0.4 is 10.1 Å².